The highest BCUT2D eigenvalue weighted by molar-refractivity contribution is 9.10. The van der Waals surface area contributed by atoms with Crippen LogP contribution in [0.15, 0.2) is 44.8 Å². The van der Waals surface area contributed by atoms with Crippen LogP contribution in [-0.4, -0.2) is 31.0 Å². The molecular weight excluding hydrogens is 418 g/mol. The van der Waals surface area contributed by atoms with Gasteiger partial charge in [0.05, 0.1) is 10.2 Å². The molecule has 1 fully saturated rings. The molecule has 0 atom stereocenters. The minimum atomic E-state index is -0.553. The maximum atomic E-state index is 12.9. The first kappa shape index (κ1) is 18.3. The van der Waals surface area contributed by atoms with Crippen molar-refractivity contribution in [2.24, 2.45) is 0 Å². The summed E-state index contributed by atoms with van der Waals surface area (Å²) in [5, 5.41) is 2.60. The molecule has 0 aliphatic carbocycles. The zero-order valence-electron chi connectivity index (χ0n) is 14.4. The van der Waals surface area contributed by atoms with Crippen LogP contribution >= 0.6 is 28.1 Å². The molecule has 3 rings (SSSR count). The zero-order chi connectivity index (χ0) is 19.0. The molecule has 6 nitrogen and oxygen atoms in total. The number of hydrogen-bond acceptors (Lipinski definition) is 5. The van der Waals surface area contributed by atoms with E-state index in [-0.39, 0.29) is 10.7 Å². The lowest BCUT2D eigenvalue weighted by Gasteiger charge is -2.28. The Balaban J connectivity index is 2.00. The van der Waals surface area contributed by atoms with E-state index in [1.54, 1.807) is 23.1 Å². The maximum Gasteiger partial charge on any atom is 0.270 e. The van der Waals surface area contributed by atoms with Gasteiger partial charge in [0, 0.05) is 20.2 Å². The molecule has 1 aliphatic heterocycles. The van der Waals surface area contributed by atoms with Gasteiger partial charge in [0.25, 0.3) is 11.8 Å². The molecular formula is C18H16BrN3O3S. The van der Waals surface area contributed by atoms with Crippen molar-refractivity contribution in [3.63, 3.8) is 0 Å². The Bertz CT molecular complexity index is 932. The van der Waals surface area contributed by atoms with Crippen LogP contribution < -0.4 is 15.1 Å². The topological polar surface area (TPSA) is 65.8 Å². The number of benzene rings is 1. The van der Waals surface area contributed by atoms with Gasteiger partial charge in [0.1, 0.15) is 11.3 Å². The second-order valence-corrected chi connectivity index (χ2v) is 7.23. The summed E-state index contributed by atoms with van der Waals surface area (Å²) in [5.74, 6) is -0.0778. The molecule has 26 heavy (non-hydrogen) atoms. The van der Waals surface area contributed by atoms with Gasteiger partial charge in [0.15, 0.2) is 5.11 Å². The summed E-state index contributed by atoms with van der Waals surface area (Å²) >= 11 is 8.58. The molecule has 1 N–H and O–H groups in total. The van der Waals surface area contributed by atoms with E-state index in [1.165, 1.54) is 11.0 Å². The number of thiocarbonyl (C=S) groups is 1. The Morgan fingerprint density at radius 3 is 2.46 bits per heavy atom. The summed E-state index contributed by atoms with van der Waals surface area (Å²) in [6, 6.07) is 9.01. The van der Waals surface area contributed by atoms with Crippen molar-refractivity contribution >= 4 is 62.7 Å². The molecule has 1 aromatic carbocycles. The maximum absolute atomic E-state index is 12.9. The van der Waals surface area contributed by atoms with Crippen molar-refractivity contribution < 1.29 is 14.0 Å². The predicted octanol–water partition coefficient (Wildman–Crippen LogP) is 3.25. The summed E-state index contributed by atoms with van der Waals surface area (Å²) in [4.78, 5) is 28.3. The van der Waals surface area contributed by atoms with E-state index in [2.05, 4.69) is 21.2 Å². The van der Waals surface area contributed by atoms with Crippen LogP contribution in [0.25, 0.3) is 6.08 Å². The molecule has 1 saturated heterocycles. The number of carbonyl (C=O) groups excluding carboxylic acids is 2. The summed E-state index contributed by atoms with van der Waals surface area (Å²) in [7, 11) is 3.66. The van der Waals surface area contributed by atoms with Gasteiger partial charge in [-0.15, -0.1) is 0 Å². The Hall–Kier alpha value is -2.45. The van der Waals surface area contributed by atoms with Crippen LogP contribution in [0.2, 0.25) is 0 Å². The first-order valence-corrected chi connectivity index (χ1v) is 8.93. The first-order valence-electron chi connectivity index (χ1n) is 7.72. The molecule has 2 heterocycles. The van der Waals surface area contributed by atoms with Crippen LogP contribution in [0.1, 0.15) is 11.3 Å². The first-order chi connectivity index (χ1) is 12.3. The molecule has 134 valence electrons. The molecule has 1 aliphatic rings. The zero-order valence-corrected chi connectivity index (χ0v) is 16.8. The second kappa shape index (κ2) is 7.05. The van der Waals surface area contributed by atoms with Crippen molar-refractivity contribution in [3.05, 3.63) is 51.7 Å². The van der Waals surface area contributed by atoms with Crippen LogP contribution in [0.5, 0.6) is 0 Å². The van der Waals surface area contributed by atoms with Crippen LogP contribution in [0.3, 0.4) is 0 Å². The van der Waals surface area contributed by atoms with E-state index in [4.69, 9.17) is 16.6 Å². The minimum absolute atomic E-state index is 0.0502. The Labute approximate surface area is 164 Å². The van der Waals surface area contributed by atoms with E-state index in [0.717, 1.165) is 10.0 Å². The van der Waals surface area contributed by atoms with Crippen molar-refractivity contribution in [2.45, 2.75) is 6.92 Å². The lowest BCUT2D eigenvalue weighted by atomic mass is 10.1. The van der Waals surface area contributed by atoms with Gasteiger partial charge < -0.3 is 9.32 Å². The molecule has 2 amide bonds. The fraction of sp³-hybridized carbons (Fsp3) is 0.167. The predicted molar refractivity (Wildman–Crippen MR) is 108 cm³/mol. The third-order valence-corrected chi connectivity index (χ3v) is 4.63. The molecule has 2 aromatic rings. The summed E-state index contributed by atoms with van der Waals surface area (Å²) in [6.07, 6.45) is 1.42. The minimum Gasteiger partial charge on any atom is -0.440 e. The number of nitrogens with zero attached hydrogens (tertiary/aromatic N) is 2. The van der Waals surface area contributed by atoms with Crippen molar-refractivity contribution in [1.29, 1.82) is 0 Å². The van der Waals surface area contributed by atoms with E-state index in [9.17, 15) is 9.59 Å². The summed E-state index contributed by atoms with van der Waals surface area (Å²) in [6.45, 7) is 1.95. The normalized spacial score (nSPS) is 16.2. The van der Waals surface area contributed by atoms with Crippen molar-refractivity contribution in [3.8, 4) is 0 Å². The molecule has 0 unspecified atom stereocenters. The number of halogens is 1. The molecule has 0 saturated carbocycles. The lowest BCUT2D eigenvalue weighted by Crippen LogP contribution is -2.54. The van der Waals surface area contributed by atoms with Crippen LogP contribution in [-0.2, 0) is 9.59 Å². The van der Waals surface area contributed by atoms with Crippen LogP contribution in [0.4, 0.5) is 11.6 Å². The highest BCUT2D eigenvalue weighted by Gasteiger charge is 2.34. The number of furan rings is 1. The third-order valence-electron chi connectivity index (χ3n) is 3.77. The standard InChI is InChI=1S/C18H16BrN3O3S/c1-10-4-6-11(7-5-10)22-16(24)13(15(23)20-18(22)26)8-12-9-14(19)17(25-12)21(2)3/h4-9H,1-3H3,(H,20,23,26). The van der Waals surface area contributed by atoms with Crippen molar-refractivity contribution in [1.82, 2.24) is 5.32 Å². The van der Waals surface area contributed by atoms with Gasteiger partial charge >= 0.3 is 0 Å². The highest BCUT2D eigenvalue weighted by atomic mass is 79.9. The van der Waals surface area contributed by atoms with Gasteiger partial charge in [-0.05, 0) is 53.3 Å². The molecule has 0 bridgehead atoms. The fourth-order valence-corrected chi connectivity index (χ4v) is 3.42. The summed E-state index contributed by atoms with van der Waals surface area (Å²) in [5.41, 5.74) is 1.59. The number of hydrogen-bond donors (Lipinski definition) is 1. The van der Waals surface area contributed by atoms with E-state index < -0.39 is 11.8 Å². The average Bonchev–Trinajstić information content (AvgIpc) is 2.94. The number of anilines is 2. The Morgan fingerprint density at radius 2 is 1.88 bits per heavy atom. The Morgan fingerprint density at radius 1 is 1.23 bits per heavy atom. The SMILES string of the molecule is Cc1ccc(N2C(=O)C(=Cc3cc(Br)c(N(C)C)o3)C(=O)NC2=S)cc1. The van der Waals surface area contributed by atoms with Gasteiger partial charge in [0.2, 0.25) is 5.88 Å². The average molecular weight is 434 g/mol. The van der Waals surface area contributed by atoms with Gasteiger partial charge in [-0.2, -0.15) is 0 Å². The van der Waals surface area contributed by atoms with Gasteiger partial charge in [-0.1, -0.05) is 17.7 Å². The smallest absolute Gasteiger partial charge is 0.270 e. The van der Waals surface area contributed by atoms with Gasteiger partial charge in [-0.3, -0.25) is 19.8 Å². The number of aryl methyl sites for hydroxylation is 1. The molecule has 0 spiro atoms. The number of nitrogens with one attached hydrogen (secondary N) is 1. The largest absolute Gasteiger partial charge is 0.440 e. The Kier molecular flexibility index (Phi) is 4.97. The van der Waals surface area contributed by atoms with E-state index in [1.807, 2.05) is 33.2 Å². The third kappa shape index (κ3) is 3.42. The van der Waals surface area contributed by atoms with E-state index >= 15 is 0 Å². The second-order valence-electron chi connectivity index (χ2n) is 5.99. The monoisotopic (exact) mass is 433 g/mol. The quantitative estimate of drug-likeness (QED) is 0.457. The van der Waals surface area contributed by atoms with Gasteiger partial charge in [-0.25, -0.2) is 0 Å². The van der Waals surface area contributed by atoms with Crippen LogP contribution in [0, 0.1) is 6.92 Å². The van der Waals surface area contributed by atoms with E-state index in [0.29, 0.717) is 17.3 Å². The molecule has 8 heteroatoms. The summed E-state index contributed by atoms with van der Waals surface area (Å²) < 4.78 is 6.40. The molecule has 1 aromatic heterocycles. The van der Waals surface area contributed by atoms with Crippen molar-refractivity contribution in [2.75, 3.05) is 23.9 Å². The lowest BCUT2D eigenvalue weighted by molar-refractivity contribution is -0.122. The number of carbonyl (C=O) groups is 2. The number of rotatable bonds is 3. The highest BCUT2D eigenvalue weighted by Crippen LogP contribution is 2.30. The molecule has 0 radical (unpaired) electrons. The fourth-order valence-electron chi connectivity index (χ4n) is 2.48. The number of amides is 2.